The van der Waals surface area contributed by atoms with Crippen LogP contribution in [0.5, 0.6) is 0 Å². The average Bonchev–Trinajstić information content (AvgIpc) is 3.26. The van der Waals surface area contributed by atoms with Gasteiger partial charge in [-0.15, -0.1) is 0 Å². The van der Waals surface area contributed by atoms with Gasteiger partial charge in [0, 0.05) is 23.2 Å². The lowest BCUT2D eigenvalue weighted by atomic mass is 10.1. The molecule has 4 rings (SSSR count). The predicted molar refractivity (Wildman–Crippen MR) is 124 cm³/mol. The number of thiocarbonyl (C=S) groups is 1. The van der Waals surface area contributed by atoms with E-state index in [1.54, 1.807) is 35.2 Å². The van der Waals surface area contributed by atoms with Crippen molar-refractivity contribution in [2.75, 3.05) is 6.54 Å². The summed E-state index contributed by atoms with van der Waals surface area (Å²) >= 11 is 18.9. The van der Waals surface area contributed by atoms with E-state index in [0.717, 1.165) is 12.0 Å². The summed E-state index contributed by atoms with van der Waals surface area (Å²) in [5.74, 6) is 1.07. The van der Waals surface area contributed by atoms with Crippen LogP contribution in [0, 0.1) is 0 Å². The van der Waals surface area contributed by atoms with Crippen LogP contribution in [-0.2, 0) is 11.2 Å². The summed E-state index contributed by atoms with van der Waals surface area (Å²) in [6, 6.07) is 18.9. The molecule has 0 bridgehead atoms. The molecule has 29 heavy (non-hydrogen) atoms. The minimum Gasteiger partial charge on any atom is -0.457 e. The fraction of sp³-hybridized carbons (Fsp3) is 0.0909. The van der Waals surface area contributed by atoms with Gasteiger partial charge in [-0.3, -0.25) is 9.69 Å². The van der Waals surface area contributed by atoms with Crippen molar-refractivity contribution in [3.8, 4) is 11.3 Å². The Bertz CT molecular complexity index is 1110. The molecule has 3 aromatic rings. The highest BCUT2D eigenvalue weighted by Gasteiger charge is 2.31. The fourth-order valence-electron chi connectivity index (χ4n) is 2.97. The maximum Gasteiger partial charge on any atom is 0.266 e. The molecule has 0 atom stereocenters. The Morgan fingerprint density at radius 2 is 1.86 bits per heavy atom. The van der Waals surface area contributed by atoms with Crippen molar-refractivity contribution in [3.05, 3.63) is 86.9 Å². The second-order valence-electron chi connectivity index (χ2n) is 6.40. The van der Waals surface area contributed by atoms with Crippen LogP contribution in [0.3, 0.4) is 0 Å². The van der Waals surface area contributed by atoms with E-state index in [1.165, 1.54) is 17.3 Å². The average molecular weight is 460 g/mol. The Morgan fingerprint density at radius 1 is 1.07 bits per heavy atom. The number of carbonyl (C=O) groups excluding carboxylic acids is 1. The van der Waals surface area contributed by atoms with Crippen LogP contribution < -0.4 is 0 Å². The number of benzene rings is 2. The van der Waals surface area contributed by atoms with Gasteiger partial charge in [-0.25, -0.2) is 0 Å². The Balaban J connectivity index is 1.49. The molecule has 3 nitrogen and oxygen atoms in total. The first kappa shape index (κ1) is 20.2. The third-order valence-corrected chi connectivity index (χ3v) is 6.36. The SMILES string of the molecule is O=C1/C(=C\c2ccc(-c3ccc(Cl)cc3Cl)o2)SC(=S)N1CCc1ccccc1. The minimum absolute atomic E-state index is 0.0987. The zero-order valence-corrected chi connectivity index (χ0v) is 18.2. The van der Waals surface area contributed by atoms with E-state index in [9.17, 15) is 4.79 Å². The maximum absolute atomic E-state index is 12.8. The molecule has 1 saturated heterocycles. The molecule has 0 unspecified atom stereocenters. The number of thioether (sulfide) groups is 1. The van der Waals surface area contributed by atoms with Crippen molar-refractivity contribution in [2.24, 2.45) is 0 Å². The van der Waals surface area contributed by atoms with Crippen LogP contribution in [0.15, 0.2) is 70.0 Å². The van der Waals surface area contributed by atoms with Crippen molar-refractivity contribution in [2.45, 2.75) is 6.42 Å². The van der Waals surface area contributed by atoms with Crippen molar-refractivity contribution in [3.63, 3.8) is 0 Å². The maximum atomic E-state index is 12.8. The molecule has 2 aromatic carbocycles. The van der Waals surface area contributed by atoms with Crippen LogP contribution in [0.25, 0.3) is 17.4 Å². The number of halogens is 2. The van der Waals surface area contributed by atoms with Crippen LogP contribution in [-0.4, -0.2) is 21.7 Å². The van der Waals surface area contributed by atoms with Crippen LogP contribution >= 0.6 is 47.2 Å². The lowest BCUT2D eigenvalue weighted by Crippen LogP contribution is -2.30. The van der Waals surface area contributed by atoms with Crippen molar-refractivity contribution in [1.82, 2.24) is 4.90 Å². The number of hydrogen-bond donors (Lipinski definition) is 0. The second-order valence-corrected chi connectivity index (χ2v) is 8.91. The molecule has 0 aliphatic carbocycles. The zero-order chi connectivity index (χ0) is 20.4. The molecule has 0 saturated carbocycles. The van der Waals surface area contributed by atoms with E-state index in [1.807, 2.05) is 36.4 Å². The lowest BCUT2D eigenvalue weighted by molar-refractivity contribution is -0.122. The normalized spacial score (nSPS) is 15.5. The Hall–Kier alpha value is -2.05. The Kier molecular flexibility index (Phi) is 6.11. The van der Waals surface area contributed by atoms with E-state index in [-0.39, 0.29) is 5.91 Å². The fourth-order valence-corrected chi connectivity index (χ4v) is 4.76. The molecule has 1 amide bonds. The molecule has 146 valence electrons. The topological polar surface area (TPSA) is 33.5 Å². The number of nitrogens with zero attached hydrogens (tertiary/aromatic N) is 1. The highest BCUT2D eigenvalue weighted by atomic mass is 35.5. The molecule has 1 aliphatic heterocycles. The number of rotatable bonds is 5. The lowest BCUT2D eigenvalue weighted by Gasteiger charge is -2.14. The predicted octanol–water partition coefficient (Wildman–Crippen LogP) is 6.70. The van der Waals surface area contributed by atoms with Crippen LogP contribution in [0.2, 0.25) is 10.0 Å². The molecule has 1 aromatic heterocycles. The number of furan rings is 1. The zero-order valence-electron chi connectivity index (χ0n) is 15.1. The van der Waals surface area contributed by atoms with Crippen LogP contribution in [0.1, 0.15) is 11.3 Å². The summed E-state index contributed by atoms with van der Waals surface area (Å²) in [6.45, 7) is 0.551. The van der Waals surface area contributed by atoms with Gasteiger partial charge in [0.15, 0.2) is 0 Å². The summed E-state index contributed by atoms with van der Waals surface area (Å²) < 4.78 is 6.43. The van der Waals surface area contributed by atoms with Crippen molar-refractivity contribution < 1.29 is 9.21 Å². The van der Waals surface area contributed by atoms with Crippen molar-refractivity contribution >= 4 is 63.5 Å². The number of carbonyl (C=O) groups is 1. The van der Waals surface area contributed by atoms with Gasteiger partial charge >= 0.3 is 0 Å². The first-order chi connectivity index (χ1) is 14.0. The smallest absolute Gasteiger partial charge is 0.266 e. The molecule has 0 radical (unpaired) electrons. The van der Waals surface area contributed by atoms with Crippen LogP contribution in [0.4, 0.5) is 0 Å². The van der Waals surface area contributed by atoms with Gasteiger partial charge in [-0.2, -0.15) is 0 Å². The van der Waals surface area contributed by atoms with Gasteiger partial charge in [0.05, 0.1) is 9.93 Å². The molecule has 2 heterocycles. The Morgan fingerprint density at radius 3 is 2.62 bits per heavy atom. The molecule has 1 fully saturated rings. The van der Waals surface area contributed by atoms with Gasteiger partial charge in [0.2, 0.25) is 0 Å². The molecule has 0 spiro atoms. The number of hydrogen-bond acceptors (Lipinski definition) is 4. The molecular formula is C22H15Cl2NO2S2. The first-order valence-electron chi connectivity index (χ1n) is 8.86. The van der Waals surface area contributed by atoms with Gasteiger partial charge in [0.1, 0.15) is 15.8 Å². The highest BCUT2D eigenvalue weighted by Crippen LogP contribution is 2.35. The molecule has 0 N–H and O–H groups in total. The van der Waals surface area contributed by atoms with Gasteiger partial charge < -0.3 is 4.42 Å². The van der Waals surface area contributed by atoms with E-state index in [4.69, 9.17) is 39.8 Å². The first-order valence-corrected chi connectivity index (χ1v) is 10.8. The Labute approximate surface area is 188 Å². The largest absolute Gasteiger partial charge is 0.457 e. The van der Waals surface area contributed by atoms with E-state index < -0.39 is 0 Å². The van der Waals surface area contributed by atoms with Crippen molar-refractivity contribution in [1.29, 1.82) is 0 Å². The quantitative estimate of drug-likeness (QED) is 0.314. The second kappa shape index (κ2) is 8.76. The minimum atomic E-state index is -0.0987. The summed E-state index contributed by atoms with van der Waals surface area (Å²) in [5, 5.41) is 1.07. The van der Waals surface area contributed by atoms with Gasteiger partial charge in [0.25, 0.3) is 5.91 Å². The molecule has 1 aliphatic rings. The van der Waals surface area contributed by atoms with Gasteiger partial charge in [-0.05, 0) is 42.3 Å². The highest BCUT2D eigenvalue weighted by molar-refractivity contribution is 8.26. The molecular weight excluding hydrogens is 445 g/mol. The van der Waals surface area contributed by atoms with E-state index in [0.29, 0.717) is 37.3 Å². The standard InChI is InChI=1S/C22H15Cl2NO2S2/c23-15-6-8-17(18(24)12-15)19-9-7-16(27-19)13-20-21(26)25(22(28)29-20)11-10-14-4-2-1-3-5-14/h1-9,12-13H,10-11H2/b20-13+. The molecule has 7 heteroatoms. The summed E-state index contributed by atoms with van der Waals surface area (Å²) in [5.41, 5.74) is 1.91. The summed E-state index contributed by atoms with van der Waals surface area (Å²) in [4.78, 5) is 15.0. The van der Waals surface area contributed by atoms with E-state index in [2.05, 4.69) is 0 Å². The summed E-state index contributed by atoms with van der Waals surface area (Å²) in [7, 11) is 0. The summed E-state index contributed by atoms with van der Waals surface area (Å²) in [6.07, 6.45) is 2.47. The van der Waals surface area contributed by atoms with Gasteiger partial charge in [-0.1, -0.05) is 77.5 Å². The third kappa shape index (κ3) is 4.59. The van der Waals surface area contributed by atoms with E-state index >= 15 is 0 Å². The third-order valence-electron chi connectivity index (χ3n) is 4.44. The number of amides is 1. The monoisotopic (exact) mass is 459 g/mol.